The minimum atomic E-state index is -0.537. The maximum atomic E-state index is 9.93. The summed E-state index contributed by atoms with van der Waals surface area (Å²) in [6.07, 6.45) is 2.17. The van der Waals surface area contributed by atoms with Crippen LogP contribution >= 0.6 is 15.9 Å². The SMILES string of the molecule is Cc1ccc(OCC(O)CNCC2CCC(O)C2)c(Br)c1. The van der Waals surface area contributed by atoms with E-state index in [9.17, 15) is 10.2 Å². The predicted octanol–water partition coefficient (Wildman–Crippen LogP) is 2.25. The molecule has 0 heterocycles. The molecule has 4 nitrogen and oxygen atoms in total. The molecule has 0 amide bonds. The highest BCUT2D eigenvalue weighted by Crippen LogP contribution is 2.26. The predicted molar refractivity (Wildman–Crippen MR) is 86.6 cm³/mol. The number of aliphatic hydroxyl groups excluding tert-OH is 2. The van der Waals surface area contributed by atoms with Crippen molar-refractivity contribution in [3.05, 3.63) is 28.2 Å². The van der Waals surface area contributed by atoms with E-state index in [2.05, 4.69) is 21.2 Å². The number of ether oxygens (including phenoxy) is 1. The molecule has 1 aliphatic rings. The number of hydrogen-bond donors (Lipinski definition) is 3. The van der Waals surface area contributed by atoms with Crippen LogP contribution in [0.4, 0.5) is 0 Å². The summed E-state index contributed by atoms with van der Waals surface area (Å²) in [5.41, 5.74) is 1.16. The first-order valence-corrected chi connectivity index (χ1v) is 8.29. The van der Waals surface area contributed by atoms with Crippen molar-refractivity contribution in [2.75, 3.05) is 19.7 Å². The smallest absolute Gasteiger partial charge is 0.133 e. The van der Waals surface area contributed by atoms with Crippen LogP contribution in [0.5, 0.6) is 5.75 Å². The average Bonchev–Trinajstić information content (AvgIpc) is 2.83. The summed E-state index contributed by atoms with van der Waals surface area (Å²) in [6, 6.07) is 5.88. The van der Waals surface area contributed by atoms with Crippen LogP contribution < -0.4 is 10.1 Å². The van der Waals surface area contributed by atoms with Gasteiger partial charge < -0.3 is 20.3 Å². The molecule has 2 rings (SSSR count). The summed E-state index contributed by atoms with van der Waals surface area (Å²) < 4.78 is 6.52. The lowest BCUT2D eigenvalue weighted by Gasteiger charge is -2.16. The zero-order valence-electron chi connectivity index (χ0n) is 12.4. The summed E-state index contributed by atoms with van der Waals surface area (Å²) in [6.45, 7) is 3.65. The van der Waals surface area contributed by atoms with E-state index in [1.165, 1.54) is 0 Å². The van der Waals surface area contributed by atoms with Gasteiger partial charge in [0.1, 0.15) is 18.5 Å². The Kier molecular flexibility index (Phi) is 6.48. The van der Waals surface area contributed by atoms with Crippen LogP contribution in [0.2, 0.25) is 0 Å². The summed E-state index contributed by atoms with van der Waals surface area (Å²) >= 11 is 3.45. The maximum Gasteiger partial charge on any atom is 0.133 e. The molecule has 5 heteroatoms. The Hall–Kier alpha value is -0.620. The second kappa shape index (κ2) is 8.13. The first-order chi connectivity index (χ1) is 10.0. The second-order valence-electron chi connectivity index (χ2n) is 5.89. The Bertz CT molecular complexity index is 455. The highest BCUT2D eigenvalue weighted by atomic mass is 79.9. The molecule has 1 aromatic carbocycles. The average molecular weight is 358 g/mol. The molecule has 0 aromatic heterocycles. The van der Waals surface area contributed by atoms with Gasteiger partial charge in [0.25, 0.3) is 0 Å². The molecular formula is C16H24BrNO3. The Labute approximate surface area is 134 Å². The van der Waals surface area contributed by atoms with Crippen molar-refractivity contribution in [2.45, 2.75) is 38.4 Å². The zero-order chi connectivity index (χ0) is 15.2. The van der Waals surface area contributed by atoms with Crippen LogP contribution in [0, 0.1) is 12.8 Å². The Morgan fingerprint density at radius 1 is 1.43 bits per heavy atom. The lowest BCUT2D eigenvalue weighted by molar-refractivity contribution is 0.105. The second-order valence-corrected chi connectivity index (χ2v) is 6.74. The van der Waals surface area contributed by atoms with Crippen molar-refractivity contribution < 1.29 is 14.9 Å². The number of rotatable bonds is 7. The molecule has 3 unspecified atom stereocenters. The lowest BCUT2D eigenvalue weighted by atomic mass is 10.1. The highest BCUT2D eigenvalue weighted by Gasteiger charge is 2.22. The summed E-state index contributed by atoms with van der Waals surface area (Å²) in [5.74, 6) is 1.28. The topological polar surface area (TPSA) is 61.7 Å². The Morgan fingerprint density at radius 2 is 2.24 bits per heavy atom. The van der Waals surface area contributed by atoms with Crippen LogP contribution in [0.25, 0.3) is 0 Å². The summed E-state index contributed by atoms with van der Waals surface area (Å²) in [4.78, 5) is 0. The monoisotopic (exact) mass is 357 g/mol. The number of halogens is 1. The molecule has 0 bridgehead atoms. The van der Waals surface area contributed by atoms with Crippen LogP contribution in [0.1, 0.15) is 24.8 Å². The molecule has 1 saturated carbocycles. The van der Waals surface area contributed by atoms with Crippen LogP contribution in [0.15, 0.2) is 22.7 Å². The van der Waals surface area contributed by atoms with Gasteiger partial charge in [0.05, 0.1) is 10.6 Å². The van der Waals surface area contributed by atoms with Gasteiger partial charge in [-0.15, -0.1) is 0 Å². The summed E-state index contributed by atoms with van der Waals surface area (Å²) in [5, 5.41) is 22.6. The van der Waals surface area contributed by atoms with E-state index < -0.39 is 6.10 Å². The van der Waals surface area contributed by atoms with Crippen molar-refractivity contribution in [3.8, 4) is 5.75 Å². The number of hydrogen-bond acceptors (Lipinski definition) is 4. The molecule has 0 spiro atoms. The summed E-state index contributed by atoms with van der Waals surface area (Å²) in [7, 11) is 0. The molecule has 3 atom stereocenters. The highest BCUT2D eigenvalue weighted by molar-refractivity contribution is 9.10. The first-order valence-electron chi connectivity index (χ1n) is 7.50. The fraction of sp³-hybridized carbons (Fsp3) is 0.625. The molecule has 118 valence electrons. The van der Waals surface area contributed by atoms with Crippen molar-refractivity contribution in [1.82, 2.24) is 5.32 Å². The normalized spacial score (nSPS) is 23.2. The van der Waals surface area contributed by atoms with Crippen LogP contribution in [-0.4, -0.2) is 42.1 Å². The zero-order valence-corrected chi connectivity index (χ0v) is 14.0. The quantitative estimate of drug-likeness (QED) is 0.700. The van der Waals surface area contributed by atoms with Gasteiger partial charge in [-0.1, -0.05) is 6.07 Å². The van der Waals surface area contributed by atoms with Crippen molar-refractivity contribution in [1.29, 1.82) is 0 Å². The van der Waals surface area contributed by atoms with E-state index in [4.69, 9.17) is 4.74 Å². The van der Waals surface area contributed by atoms with Crippen LogP contribution in [-0.2, 0) is 0 Å². The van der Waals surface area contributed by atoms with Crippen molar-refractivity contribution >= 4 is 15.9 Å². The third kappa shape index (κ3) is 5.58. The van der Waals surface area contributed by atoms with E-state index >= 15 is 0 Å². The van der Waals surface area contributed by atoms with Crippen molar-refractivity contribution in [3.63, 3.8) is 0 Å². The molecule has 1 aromatic rings. The van der Waals surface area contributed by atoms with E-state index in [0.717, 1.165) is 41.6 Å². The van der Waals surface area contributed by atoms with E-state index in [0.29, 0.717) is 12.5 Å². The van der Waals surface area contributed by atoms with Gasteiger partial charge in [0.15, 0.2) is 0 Å². The van der Waals surface area contributed by atoms with Gasteiger partial charge in [-0.05, 0) is 72.3 Å². The molecule has 1 fully saturated rings. The van der Waals surface area contributed by atoms with Gasteiger partial charge in [-0.3, -0.25) is 0 Å². The maximum absolute atomic E-state index is 9.93. The molecule has 21 heavy (non-hydrogen) atoms. The van der Waals surface area contributed by atoms with E-state index in [1.807, 2.05) is 25.1 Å². The molecule has 0 saturated heterocycles. The fourth-order valence-electron chi connectivity index (χ4n) is 2.66. The Morgan fingerprint density at radius 3 is 2.90 bits per heavy atom. The third-order valence-electron chi connectivity index (χ3n) is 3.85. The first kappa shape index (κ1) is 16.7. The largest absolute Gasteiger partial charge is 0.490 e. The van der Waals surface area contributed by atoms with E-state index in [-0.39, 0.29) is 12.7 Å². The fourth-order valence-corrected chi connectivity index (χ4v) is 3.26. The lowest BCUT2D eigenvalue weighted by Crippen LogP contribution is -2.34. The number of aliphatic hydroxyl groups is 2. The minimum Gasteiger partial charge on any atom is -0.490 e. The van der Waals surface area contributed by atoms with Gasteiger partial charge in [0, 0.05) is 6.54 Å². The number of aryl methyl sites for hydroxylation is 1. The van der Waals surface area contributed by atoms with Gasteiger partial charge >= 0.3 is 0 Å². The third-order valence-corrected chi connectivity index (χ3v) is 4.46. The van der Waals surface area contributed by atoms with Gasteiger partial charge in [-0.25, -0.2) is 0 Å². The van der Waals surface area contributed by atoms with Crippen LogP contribution in [0.3, 0.4) is 0 Å². The molecule has 0 radical (unpaired) electrons. The molecular weight excluding hydrogens is 334 g/mol. The Balaban J connectivity index is 1.64. The number of benzene rings is 1. The molecule has 3 N–H and O–H groups in total. The van der Waals surface area contributed by atoms with Crippen molar-refractivity contribution in [2.24, 2.45) is 5.92 Å². The van der Waals surface area contributed by atoms with Gasteiger partial charge in [0.2, 0.25) is 0 Å². The minimum absolute atomic E-state index is 0.135. The van der Waals surface area contributed by atoms with E-state index in [1.54, 1.807) is 0 Å². The molecule has 1 aliphatic carbocycles. The standard InChI is InChI=1S/C16H24BrNO3/c1-11-2-5-16(15(17)6-11)21-10-14(20)9-18-8-12-3-4-13(19)7-12/h2,5-6,12-14,18-20H,3-4,7-10H2,1H3. The molecule has 0 aliphatic heterocycles. The number of nitrogens with one attached hydrogen (secondary N) is 1. The van der Waals surface area contributed by atoms with Gasteiger partial charge in [-0.2, -0.15) is 0 Å².